The molecule has 116 valence electrons. The Bertz CT molecular complexity index is 312. The minimum Gasteiger partial charge on any atom is -0.353 e. The topological polar surface area (TPSA) is 75.4 Å². The van der Waals surface area contributed by atoms with E-state index in [9.17, 15) is 9.59 Å². The maximum atomic E-state index is 12.2. The molecule has 3 N–H and O–H groups in total. The second kappa shape index (κ2) is 8.95. The zero-order valence-electron chi connectivity index (χ0n) is 12.9. The van der Waals surface area contributed by atoms with Gasteiger partial charge in [-0.05, 0) is 38.6 Å². The number of hydrogen-bond acceptors (Lipinski definition) is 3. The number of nitrogens with one attached hydrogen (secondary N) is 1. The summed E-state index contributed by atoms with van der Waals surface area (Å²) < 4.78 is 0. The average Bonchev–Trinajstić information content (AvgIpc) is 2.45. The fraction of sp³-hybridized carbons (Fsp3) is 0.867. The van der Waals surface area contributed by atoms with Gasteiger partial charge in [-0.1, -0.05) is 13.8 Å². The Kier molecular flexibility index (Phi) is 7.59. The van der Waals surface area contributed by atoms with Crippen molar-refractivity contribution in [3.05, 3.63) is 0 Å². The van der Waals surface area contributed by atoms with Crippen LogP contribution in [0.4, 0.5) is 0 Å². The van der Waals surface area contributed by atoms with E-state index in [1.54, 1.807) is 0 Å². The van der Waals surface area contributed by atoms with E-state index in [2.05, 4.69) is 5.32 Å². The summed E-state index contributed by atoms with van der Waals surface area (Å²) >= 11 is 0. The van der Waals surface area contributed by atoms with Crippen molar-refractivity contribution in [2.75, 3.05) is 19.6 Å². The summed E-state index contributed by atoms with van der Waals surface area (Å²) in [7, 11) is 0. The van der Waals surface area contributed by atoms with Crippen molar-refractivity contribution >= 4 is 11.8 Å². The van der Waals surface area contributed by atoms with E-state index in [0.29, 0.717) is 13.0 Å². The van der Waals surface area contributed by atoms with Gasteiger partial charge in [0.05, 0.1) is 0 Å². The zero-order valence-corrected chi connectivity index (χ0v) is 12.9. The first-order valence-electron chi connectivity index (χ1n) is 7.86. The molecule has 1 heterocycles. The van der Waals surface area contributed by atoms with Crippen LogP contribution in [0, 0.1) is 5.92 Å². The highest BCUT2D eigenvalue weighted by Gasteiger charge is 2.26. The van der Waals surface area contributed by atoms with Gasteiger partial charge in [0.25, 0.3) is 0 Å². The lowest BCUT2D eigenvalue weighted by Crippen LogP contribution is -2.47. The fourth-order valence-corrected chi connectivity index (χ4v) is 2.63. The van der Waals surface area contributed by atoms with Gasteiger partial charge in [-0.3, -0.25) is 9.59 Å². The van der Waals surface area contributed by atoms with E-state index in [-0.39, 0.29) is 23.8 Å². The molecule has 0 spiro atoms. The van der Waals surface area contributed by atoms with Crippen molar-refractivity contribution in [1.29, 1.82) is 0 Å². The first-order chi connectivity index (χ1) is 9.58. The molecule has 0 aromatic carbocycles. The number of carbonyl (C=O) groups excluding carboxylic acids is 2. The molecule has 1 rings (SSSR count). The minimum atomic E-state index is 0.0600. The van der Waals surface area contributed by atoms with Crippen molar-refractivity contribution in [2.45, 2.75) is 58.4 Å². The van der Waals surface area contributed by atoms with Gasteiger partial charge in [0.1, 0.15) is 0 Å². The predicted molar refractivity (Wildman–Crippen MR) is 80.1 cm³/mol. The van der Waals surface area contributed by atoms with Crippen LogP contribution in [-0.4, -0.2) is 42.4 Å². The van der Waals surface area contributed by atoms with Gasteiger partial charge in [-0.15, -0.1) is 0 Å². The van der Waals surface area contributed by atoms with E-state index < -0.39 is 0 Å². The summed E-state index contributed by atoms with van der Waals surface area (Å²) in [6.45, 7) is 6.13. The molecule has 5 heteroatoms. The highest BCUT2D eigenvalue weighted by molar-refractivity contribution is 5.79. The quantitative estimate of drug-likeness (QED) is 0.739. The summed E-state index contributed by atoms with van der Waals surface area (Å²) in [6, 6.07) is 0.234. The third-order valence-corrected chi connectivity index (χ3v) is 3.91. The maximum absolute atomic E-state index is 12.2. The number of hydrogen-bond donors (Lipinski definition) is 2. The number of amides is 2. The van der Waals surface area contributed by atoms with Crippen LogP contribution in [0.25, 0.3) is 0 Å². The minimum absolute atomic E-state index is 0.0600. The molecule has 20 heavy (non-hydrogen) atoms. The first-order valence-corrected chi connectivity index (χ1v) is 7.86. The average molecular weight is 283 g/mol. The van der Waals surface area contributed by atoms with Crippen LogP contribution in [0.1, 0.15) is 52.4 Å². The van der Waals surface area contributed by atoms with E-state index >= 15 is 0 Å². The van der Waals surface area contributed by atoms with Gasteiger partial charge in [-0.25, -0.2) is 0 Å². The molecule has 0 radical (unpaired) electrons. The Morgan fingerprint density at radius 1 is 1.35 bits per heavy atom. The molecule has 1 aliphatic rings. The molecule has 1 atom stereocenters. The number of nitrogens with zero attached hydrogens (tertiary/aromatic N) is 1. The molecule has 0 saturated carbocycles. The lowest BCUT2D eigenvalue weighted by molar-refractivity contribution is -0.136. The van der Waals surface area contributed by atoms with E-state index in [1.807, 2.05) is 18.7 Å². The molecule has 1 fully saturated rings. The largest absolute Gasteiger partial charge is 0.353 e. The molecular formula is C15H29N3O2. The summed E-state index contributed by atoms with van der Waals surface area (Å²) in [4.78, 5) is 25.7. The lowest BCUT2D eigenvalue weighted by atomic mass is 10.00. The molecule has 5 nitrogen and oxygen atoms in total. The van der Waals surface area contributed by atoms with Crippen LogP contribution in [0.3, 0.4) is 0 Å². The monoisotopic (exact) mass is 283 g/mol. The number of nitrogens with two attached hydrogens (primary N) is 1. The van der Waals surface area contributed by atoms with Crippen molar-refractivity contribution in [2.24, 2.45) is 11.7 Å². The Balaban J connectivity index is 2.30. The third kappa shape index (κ3) is 5.49. The van der Waals surface area contributed by atoms with Crippen LogP contribution < -0.4 is 11.1 Å². The van der Waals surface area contributed by atoms with Crippen molar-refractivity contribution in [1.82, 2.24) is 10.2 Å². The van der Waals surface area contributed by atoms with Crippen LogP contribution in [0.15, 0.2) is 0 Å². The fourth-order valence-electron chi connectivity index (χ4n) is 2.63. The smallest absolute Gasteiger partial charge is 0.225 e. The zero-order chi connectivity index (χ0) is 15.0. The van der Waals surface area contributed by atoms with Gasteiger partial charge in [0, 0.05) is 31.5 Å². The van der Waals surface area contributed by atoms with E-state index in [0.717, 1.165) is 45.2 Å². The number of rotatable bonds is 7. The van der Waals surface area contributed by atoms with Crippen molar-refractivity contribution < 1.29 is 9.59 Å². The molecule has 0 aliphatic carbocycles. The van der Waals surface area contributed by atoms with Gasteiger partial charge in [-0.2, -0.15) is 0 Å². The van der Waals surface area contributed by atoms with Crippen LogP contribution >= 0.6 is 0 Å². The summed E-state index contributed by atoms with van der Waals surface area (Å²) in [5, 5.41) is 3.05. The van der Waals surface area contributed by atoms with Crippen LogP contribution in [0.5, 0.6) is 0 Å². The highest BCUT2D eigenvalue weighted by Crippen LogP contribution is 2.16. The van der Waals surface area contributed by atoms with Crippen molar-refractivity contribution in [3.8, 4) is 0 Å². The summed E-state index contributed by atoms with van der Waals surface area (Å²) in [5.41, 5.74) is 5.48. The second-order valence-electron chi connectivity index (χ2n) is 5.75. The van der Waals surface area contributed by atoms with Crippen molar-refractivity contribution in [3.63, 3.8) is 0 Å². The summed E-state index contributed by atoms with van der Waals surface area (Å²) in [5.74, 6) is 0.426. The van der Waals surface area contributed by atoms with E-state index in [4.69, 9.17) is 5.73 Å². The standard InChI is InChI=1S/C15H29N3O2/c1-3-5-14(19)17-13-7-10-18(11-8-13)15(20)12(2)6-4-9-16/h12-13H,3-11,16H2,1-2H3,(H,17,19). The normalized spacial score (nSPS) is 17.9. The molecule has 0 aromatic heterocycles. The van der Waals surface area contributed by atoms with E-state index in [1.165, 1.54) is 0 Å². The number of piperidine rings is 1. The molecule has 0 bridgehead atoms. The Morgan fingerprint density at radius 2 is 2.00 bits per heavy atom. The number of carbonyl (C=O) groups is 2. The second-order valence-corrected chi connectivity index (χ2v) is 5.75. The molecular weight excluding hydrogens is 254 g/mol. The molecule has 1 saturated heterocycles. The third-order valence-electron chi connectivity index (χ3n) is 3.91. The van der Waals surface area contributed by atoms with Crippen LogP contribution in [0.2, 0.25) is 0 Å². The molecule has 1 aliphatic heterocycles. The SMILES string of the molecule is CCCC(=O)NC1CCN(C(=O)C(C)CCCN)CC1. The first kappa shape index (κ1) is 17.0. The Hall–Kier alpha value is -1.10. The predicted octanol–water partition coefficient (Wildman–Crippen LogP) is 1.27. The van der Waals surface area contributed by atoms with Gasteiger partial charge in [0.15, 0.2) is 0 Å². The van der Waals surface area contributed by atoms with Gasteiger partial charge in [0.2, 0.25) is 11.8 Å². The Labute approximate surface area is 122 Å². The Morgan fingerprint density at radius 3 is 2.55 bits per heavy atom. The molecule has 2 amide bonds. The van der Waals surface area contributed by atoms with Gasteiger partial charge >= 0.3 is 0 Å². The van der Waals surface area contributed by atoms with Gasteiger partial charge < -0.3 is 16.0 Å². The maximum Gasteiger partial charge on any atom is 0.225 e. The molecule has 0 aromatic rings. The lowest BCUT2D eigenvalue weighted by Gasteiger charge is -2.34. The number of likely N-dealkylation sites (tertiary alicyclic amines) is 1. The molecule has 1 unspecified atom stereocenters. The van der Waals surface area contributed by atoms with Crippen LogP contribution in [-0.2, 0) is 9.59 Å². The highest BCUT2D eigenvalue weighted by atomic mass is 16.2. The summed E-state index contributed by atoms with van der Waals surface area (Å²) in [6.07, 6.45) is 4.96.